The highest BCUT2D eigenvalue weighted by Gasteiger charge is 2.17. The van der Waals surface area contributed by atoms with Crippen LogP contribution < -0.4 is 5.32 Å². The minimum atomic E-state index is -3.55. The van der Waals surface area contributed by atoms with Crippen LogP contribution in [0.1, 0.15) is 16.2 Å². The number of hydrogen-bond donors (Lipinski definition) is 1. The lowest BCUT2D eigenvalue weighted by Crippen LogP contribution is -2.23. The van der Waals surface area contributed by atoms with Crippen LogP contribution in [0.3, 0.4) is 0 Å². The number of nitrogens with zero attached hydrogens (tertiary/aromatic N) is 2. The number of nitrogens with one attached hydrogen (secondary N) is 1. The summed E-state index contributed by atoms with van der Waals surface area (Å²) in [6.45, 7) is -0.0510. The second kappa shape index (κ2) is 5.81. The fourth-order valence-corrected chi connectivity index (χ4v) is 2.57. The quantitative estimate of drug-likeness (QED) is 0.778. The third kappa shape index (κ3) is 3.21. The van der Waals surface area contributed by atoms with Gasteiger partial charge in [0.05, 0.1) is 6.54 Å². The van der Waals surface area contributed by atoms with Crippen molar-refractivity contribution in [1.82, 2.24) is 15.5 Å². The van der Waals surface area contributed by atoms with Crippen molar-refractivity contribution in [2.24, 2.45) is 0 Å². The van der Waals surface area contributed by atoms with E-state index in [-0.39, 0.29) is 18.3 Å². The maximum absolute atomic E-state index is 12.3. The van der Waals surface area contributed by atoms with E-state index < -0.39 is 15.1 Å². The van der Waals surface area contributed by atoms with E-state index in [1.807, 2.05) is 30.3 Å². The van der Waals surface area contributed by atoms with E-state index in [4.69, 9.17) is 4.42 Å². The Morgan fingerprint density at radius 1 is 1.13 bits per heavy atom. The summed E-state index contributed by atoms with van der Waals surface area (Å²) in [6, 6.07) is 13.0. The molecule has 3 rings (SSSR count). The second-order valence-electron chi connectivity index (χ2n) is 4.94. The molecular weight excluding hydrogens is 318 g/mol. The van der Waals surface area contributed by atoms with E-state index in [2.05, 4.69) is 15.5 Å². The maximum Gasteiger partial charge on any atom is 0.335 e. The van der Waals surface area contributed by atoms with Gasteiger partial charge in [-0.15, -0.1) is 5.10 Å². The monoisotopic (exact) mass is 331 g/mol. The van der Waals surface area contributed by atoms with Crippen molar-refractivity contribution < 1.29 is 17.6 Å². The van der Waals surface area contributed by atoms with Gasteiger partial charge in [0, 0.05) is 11.8 Å². The smallest absolute Gasteiger partial charge is 0.335 e. The van der Waals surface area contributed by atoms with Crippen molar-refractivity contribution in [2.45, 2.75) is 11.8 Å². The summed E-state index contributed by atoms with van der Waals surface area (Å²) in [6.07, 6.45) is 0.971. The lowest BCUT2D eigenvalue weighted by molar-refractivity contribution is 0.0948. The zero-order valence-electron chi connectivity index (χ0n) is 12.2. The predicted octanol–water partition coefficient (Wildman–Crippen LogP) is 1.56. The van der Waals surface area contributed by atoms with Crippen molar-refractivity contribution in [3.63, 3.8) is 0 Å². The molecule has 0 bridgehead atoms. The van der Waals surface area contributed by atoms with Crippen LogP contribution in [0, 0.1) is 0 Å². The molecule has 0 unspecified atom stereocenters. The highest BCUT2D eigenvalue weighted by atomic mass is 32.2. The van der Waals surface area contributed by atoms with E-state index >= 15 is 0 Å². The molecule has 0 saturated heterocycles. The van der Waals surface area contributed by atoms with Crippen molar-refractivity contribution in [3.05, 3.63) is 53.9 Å². The van der Waals surface area contributed by atoms with Gasteiger partial charge in [0.2, 0.25) is 15.7 Å². The summed E-state index contributed by atoms with van der Waals surface area (Å²) in [4.78, 5) is 12.3. The Morgan fingerprint density at radius 2 is 1.87 bits per heavy atom. The molecule has 1 amide bonds. The predicted molar refractivity (Wildman–Crippen MR) is 82.5 cm³/mol. The Labute approximate surface area is 132 Å². The Hall–Kier alpha value is -2.74. The first-order valence-electron chi connectivity index (χ1n) is 6.73. The molecule has 3 aromatic rings. The Morgan fingerprint density at radius 3 is 2.61 bits per heavy atom. The van der Waals surface area contributed by atoms with Crippen molar-refractivity contribution in [2.75, 3.05) is 6.26 Å². The molecule has 118 valence electrons. The Kier molecular flexibility index (Phi) is 3.83. The summed E-state index contributed by atoms with van der Waals surface area (Å²) in [5.41, 5.74) is 0.519. The average Bonchev–Trinajstić information content (AvgIpc) is 3.01. The molecule has 0 fully saturated rings. The number of benzene rings is 2. The molecule has 23 heavy (non-hydrogen) atoms. The number of amides is 1. The zero-order valence-corrected chi connectivity index (χ0v) is 13.0. The topological polar surface area (TPSA) is 102 Å². The number of carbonyl (C=O) groups is 1. The van der Waals surface area contributed by atoms with Gasteiger partial charge in [0.25, 0.3) is 5.91 Å². The molecule has 0 aliphatic rings. The van der Waals surface area contributed by atoms with E-state index in [0.717, 1.165) is 17.0 Å². The number of sulfone groups is 1. The number of rotatable bonds is 4. The first kappa shape index (κ1) is 15.2. The van der Waals surface area contributed by atoms with E-state index in [1.54, 1.807) is 12.1 Å². The number of fused-ring (bicyclic) bond motifs is 1. The number of hydrogen-bond acceptors (Lipinski definition) is 6. The summed E-state index contributed by atoms with van der Waals surface area (Å²) in [7, 11) is -3.55. The molecule has 0 aliphatic carbocycles. The van der Waals surface area contributed by atoms with Crippen molar-refractivity contribution >= 4 is 26.5 Å². The highest BCUT2D eigenvalue weighted by molar-refractivity contribution is 7.90. The minimum absolute atomic E-state index is 0.0269. The van der Waals surface area contributed by atoms with Gasteiger partial charge in [-0.2, -0.15) is 0 Å². The second-order valence-corrected chi connectivity index (χ2v) is 6.84. The van der Waals surface area contributed by atoms with Gasteiger partial charge >= 0.3 is 5.22 Å². The van der Waals surface area contributed by atoms with Gasteiger partial charge in [-0.05, 0) is 16.8 Å². The van der Waals surface area contributed by atoms with E-state index in [9.17, 15) is 13.2 Å². The first-order valence-corrected chi connectivity index (χ1v) is 8.63. The van der Waals surface area contributed by atoms with Crippen LogP contribution in [0.2, 0.25) is 0 Å². The minimum Gasteiger partial charge on any atom is -0.411 e. The maximum atomic E-state index is 12.3. The zero-order chi connectivity index (χ0) is 16.4. The molecule has 0 saturated carbocycles. The van der Waals surface area contributed by atoms with Crippen molar-refractivity contribution in [3.8, 4) is 0 Å². The number of aromatic nitrogens is 2. The normalized spacial score (nSPS) is 11.5. The molecule has 1 heterocycles. The highest BCUT2D eigenvalue weighted by Crippen LogP contribution is 2.18. The average molecular weight is 331 g/mol. The van der Waals surface area contributed by atoms with Crippen LogP contribution in [-0.2, 0) is 16.4 Å². The van der Waals surface area contributed by atoms with Crippen molar-refractivity contribution in [1.29, 1.82) is 0 Å². The number of carbonyl (C=O) groups excluding carboxylic acids is 1. The van der Waals surface area contributed by atoms with Crippen LogP contribution >= 0.6 is 0 Å². The van der Waals surface area contributed by atoms with Crippen LogP contribution in [0.4, 0.5) is 0 Å². The molecule has 0 atom stereocenters. The molecule has 2 aromatic carbocycles. The lowest BCUT2D eigenvalue weighted by atomic mass is 10.0. The largest absolute Gasteiger partial charge is 0.411 e. The van der Waals surface area contributed by atoms with Gasteiger partial charge in [-0.1, -0.05) is 41.5 Å². The molecule has 8 heteroatoms. The van der Waals surface area contributed by atoms with Gasteiger partial charge in [-0.25, -0.2) is 8.42 Å². The van der Waals surface area contributed by atoms with Gasteiger partial charge in [-0.3, -0.25) is 4.79 Å². The molecular formula is C15H13N3O4S. The van der Waals surface area contributed by atoms with Crippen LogP contribution in [0.15, 0.2) is 52.1 Å². The van der Waals surface area contributed by atoms with Gasteiger partial charge < -0.3 is 9.73 Å². The molecule has 0 aliphatic heterocycles. The summed E-state index contributed by atoms with van der Waals surface area (Å²) in [5.74, 6) is -0.278. The SMILES string of the molecule is CS(=O)(=O)c1nnc(CNC(=O)c2cccc3ccccc23)o1. The van der Waals surface area contributed by atoms with E-state index in [1.165, 1.54) is 0 Å². The van der Waals surface area contributed by atoms with Gasteiger partial charge in [0.15, 0.2) is 0 Å². The Balaban J connectivity index is 1.78. The molecule has 0 radical (unpaired) electrons. The van der Waals surface area contributed by atoms with E-state index in [0.29, 0.717) is 5.56 Å². The lowest BCUT2D eigenvalue weighted by Gasteiger charge is -2.06. The summed E-state index contributed by atoms with van der Waals surface area (Å²) in [5, 5.41) is 11.0. The summed E-state index contributed by atoms with van der Waals surface area (Å²) >= 11 is 0. The van der Waals surface area contributed by atoms with Crippen LogP contribution in [0.5, 0.6) is 0 Å². The van der Waals surface area contributed by atoms with Crippen LogP contribution in [-0.4, -0.2) is 30.8 Å². The van der Waals surface area contributed by atoms with Crippen LogP contribution in [0.25, 0.3) is 10.8 Å². The fraction of sp³-hybridized carbons (Fsp3) is 0.133. The third-order valence-corrected chi connectivity index (χ3v) is 4.00. The molecule has 0 spiro atoms. The van der Waals surface area contributed by atoms with Gasteiger partial charge in [0.1, 0.15) is 0 Å². The third-order valence-electron chi connectivity index (χ3n) is 3.20. The first-order chi connectivity index (χ1) is 10.9. The molecule has 1 N–H and O–H groups in total. The standard InChI is InChI=1S/C15H13N3O4S/c1-23(20,21)15-18-17-13(22-15)9-16-14(19)12-8-4-6-10-5-2-3-7-11(10)12/h2-8H,9H2,1H3,(H,16,19). The summed E-state index contributed by atoms with van der Waals surface area (Å²) < 4.78 is 27.5. The molecule has 7 nitrogen and oxygen atoms in total. The fourth-order valence-electron chi connectivity index (χ4n) is 2.13. The Bertz CT molecular complexity index is 974. The molecule has 1 aromatic heterocycles.